The molecule has 1 amide bonds. The van der Waals surface area contributed by atoms with Crippen LogP contribution in [0.4, 0.5) is 0 Å². The van der Waals surface area contributed by atoms with Gasteiger partial charge in [0.2, 0.25) is 5.79 Å². The van der Waals surface area contributed by atoms with Crippen molar-refractivity contribution in [3.05, 3.63) is 0 Å². The van der Waals surface area contributed by atoms with Gasteiger partial charge in [-0.2, -0.15) is 0 Å². The summed E-state index contributed by atoms with van der Waals surface area (Å²) in [7, 11) is 0. The number of unbranched alkanes of at least 4 members (excludes halogenated alkanes) is 3. The highest BCUT2D eigenvalue weighted by atomic mass is 16.5. The molecule has 0 aromatic heterocycles. The van der Waals surface area contributed by atoms with Gasteiger partial charge >= 0.3 is 0 Å². The third-order valence-corrected chi connectivity index (χ3v) is 1.87. The van der Waals surface area contributed by atoms with Gasteiger partial charge in [-0.15, -0.1) is 0 Å². The first-order valence-electron chi connectivity index (χ1n) is 4.50. The van der Waals surface area contributed by atoms with Crippen LogP contribution < -0.4 is 11.3 Å². The minimum absolute atomic E-state index is 0.0238. The molecule has 0 atom stereocenters. The van der Waals surface area contributed by atoms with E-state index in [4.69, 9.17) is 16.1 Å². The van der Waals surface area contributed by atoms with Crippen LogP contribution in [0.25, 0.3) is 0 Å². The molecule has 5 heteroatoms. The highest BCUT2D eigenvalue weighted by Gasteiger charge is 2.31. The number of hydrazine groups is 1. The van der Waals surface area contributed by atoms with Gasteiger partial charge in [0.25, 0.3) is 5.91 Å². The molecular formula is C8H18N2O3. The molecule has 0 saturated carbocycles. The molecular weight excluding hydrogens is 172 g/mol. The third kappa shape index (κ3) is 4.82. The molecule has 0 bridgehead atoms. The second kappa shape index (κ2) is 5.90. The van der Waals surface area contributed by atoms with Crippen molar-refractivity contribution in [2.75, 3.05) is 0 Å². The molecule has 5 nitrogen and oxygen atoms in total. The van der Waals surface area contributed by atoms with Gasteiger partial charge in [0.05, 0.1) is 0 Å². The van der Waals surface area contributed by atoms with Crippen molar-refractivity contribution in [3.8, 4) is 0 Å². The first-order chi connectivity index (χ1) is 6.04. The van der Waals surface area contributed by atoms with Crippen LogP contribution in [0, 0.1) is 0 Å². The zero-order chi connectivity index (χ0) is 10.3. The Morgan fingerprint density at radius 2 is 2.00 bits per heavy atom. The van der Waals surface area contributed by atoms with Crippen LogP contribution in [-0.2, 0) is 4.79 Å². The number of carbonyl (C=O) groups is 1. The number of aliphatic hydroxyl groups is 2. The molecule has 0 heterocycles. The fraction of sp³-hybridized carbons (Fsp3) is 0.875. The van der Waals surface area contributed by atoms with E-state index in [2.05, 4.69) is 6.92 Å². The number of rotatable bonds is 6. The number of hydrogen-bond donors (Lipinski definition) is 4. The molecule has 0 fully saturated rings. The van der Waals surface area contributed by atoms with Gasteiger partial charge in [-0.1, -0.05) is 26.2 Å². The Labute approximate surface area is 77.9 Å². The van der Waals surface area contributed by atoms with E-state index >= 15 is 0 Å². The summed E-state index contributed by atoms with van der Waals surface area (Å²) >= 11 is 0. The summed E-state index contributed by atoms with van der Waals surface area (Å²) in [4.78, 5) is 10.8. The number of nitrogens with two attached hydrogens (primary N) is 1. The first kappa shape index (κ1) is 12.3. The van der Waals surface area contributed by atoms with E-state index in [9.17, 15) is 4.79 Å². The summed E-state index contributed by atoms with van der Waals surface area (Å²) in [6.07, 6.45) is 3.61. The van der Waals surface area contributed by atoms with E-state index in [0.717, 1.165) is 19.3 Å². The van der Waals surface area contributed by atoms with Crippen LogP contribution in [-0.4, -0.2) is 21.9 Å². The van der Waals surface area contributed by atoms with Crippen molar-refractivity contribution in [2.45, 2.75) is 44.8 Å². The van der Waals surface area contributed by atoms with Crippen LogP contribution in [0.3, 0.4) is 0 Å². The average Bonchev–Trinajstić information content (AvgIpc) is 2.11. The van der Waals surface area contributed by atoms with Crippen molar-refractivity contribution < 1.29 is 15.0 Å². The Balaban J connectivity index is 3.69. The van der Waals surface area contributed by atoms with Gasteiger partial charge in [0.1, 0.15) is 0 Å². The SMILES string of the molecule is CCCCCCC(O)(O)C(=O)NN. The topological polar surface area (TPSA) is 95.6 Å². The predicted molar refractivity (Wildman–Crippen MR) is 48.3 cm³/mol. The van der Waals surface area contributed by atoms with Crippen molar-refractivity contribution in [1.29, 1.82) is 0 Å². The number of amides is 1. The Hall–Kier alpha value is -0.650. The molecule has 0 unspecified atom stereocenters. The Morgan fingerprint density at radius 3 is 2.46 bits per heavy atom. The Morgan fingerprint density at radius 1 is 1.38 bits per heavy atom. The fourth-order valence-electron chi connectivity index (χ4n) is 1.03. The Bertz CT molecular complexity index is 159. The van der Waals surface area contributed by atoms with E-state index in [-0.39, 0.29) is 6.42 Å². The lowest BCUT2D eigenvalue weighted by Gasteiger charge is -2.18. The molecule has 0 aliphatic rings. The van der Waals surface area contributed by atoms with Crippen molar-refractivity contribution in [3.63, 3.8) is 0 Å². The standard InChI is InChI=1S/C8H18N2O3/c1-2-3-4-5-6-8(12,13)7(11)10-9/h12-13H,2-6,9H2,1H3,(H,10,11). The lowest BCUT2D eigenvalue weighted by molar-refractivity contribution is -0.187. The quantitative estimate of drug-likeness (QED) is 0.151. The smallest absolute Gasteiger partial charge is 0.293 e. The van der Waals surface area contributed by atoms with Crippen molar-refractivity contribution in [2.24, 2.45) is 5.84 Å². The second-order valence-electron chi connectivity index (χ2n) is 3.10. The van der Waals surface area contributed by atoms with E-state index in [0.29, 0.717) is 6.42 Å². The average molecular weight is 190 g/mol. The van der Waals surface area contributed by atoms with Crippen molar-refractivity contribution >= 4 is 5.91 Å². The van der Waals surface area contributed by atoms with Crippen LogP contribution in [0.2, 0.25) is 0 Å². The van der Waals surface area contributed by atoms with E-state index in [1.807, 2.05) is 0 Å². The molecule has 13 heavy (non-hydrogen) atoms. The first-order valence-corrected chi connectivity index (χ1v) is 4.50. The van der Waals surface area contributed by atoms with Gasteiger partial charge < -0.3 is 10.2 Å². The van der Waals surface area contributed by atoms with Gasteiger partial charge in [0.15, 0.2) is 0 Å². The minimum Gasteiger partial charge on any atom is -0.358 e. The maximum Gasteiger partial charge on any atom is 0.293 e. The highest BCUT2D eigenvalue weighted by molar-refractivity contribution is 5.82. The van der Waals surface area contributed by atoms with Gasteiger partial charge in [-0.25, -0.2) is 5.84 Å². The lowest BCUT2D eigenvalue weighted by Crippen LogP contribution is -2.49. The molecule has 0 aliphatic carbocycles. The van der Waals surface area contributed by atoms with Gasteiger partial charge in [0, 0.05) is 6.42 Å². The molecule has 78 valence electrons. The molecule has 0 rings (SSSR count). The summed E-state index contributed by atoms with van der Waals surface area (Å²) in [5.41, 5.74) is 1.71. The highest BCUT2D eigenvalue weighted by Crippen LogP contribution is 2.12. The lowest BCUT2D eigenvalue weighted by atomic mass is 10.1. The van der Waals surface area contributed by atoms with Gasteiger partial charge in [-0.3, -0.25) is 10.2 Å². The molecule has 0 saturated heterocycles. The summed E-state index contributed by atoms with van der Waals surface area (Å²) in [6.45, 7) is 2.05. The zero-order valence-corrected chi connectivity index (χ0v) is 7.92. The Kier molecular flexibility index (Phi) is 5.61. The van der Waals surface area contributed by atoms with E-state index in [1.54, 1.807) is 5.43 Å². The zero-order valence-electron chi connectivity index (χ0n) is 7.92. The summed E-state index contributed by atoms with van der Waals surface area (Å²) in [5.74, 6) is 1.50. The molecule has 0 aliphatic heterocycles. The van der Waals surface area contributed by atoms with Crippen LogP contribution in [0.1, 0.15) is 39.0 Å². The molecule has 0 radical (unpaired) electrons. The largest absolute Gasteiger partial charge is 0.358 e. The maximum absolute atomic E-state index is 10.8. The summed E-state index contributed by atoms with van der Waals surface area (Å²) in [5, 5.41) is 18.3. The minimum atomic E-state index is -2.32. The maximum atomic E-state index is 10.8. The summed E-state index contributed by atoms with van der Waals surface area (Å²) in [6, 6.07) is 0. The van der Waals surface area contributed by atoms with Gasteiger partial charge in [-0.05, 0) is 6.42 Å². The third-order valence-electron chi connectivity index (χ3n) is 1.87. The number of carbonyl (C=O) groups excluding carboxylic acids is 1. The van der Waals surface area contributed by atoms with Crippen LogP contribution in [0.15, 0.2) is 0 Å². The molecule has 0 spiro atoms. The van der Waals surface area contributed by atoms with E-state index < -0.39 is 11.7 Å². The molecule has 5 N–H and O–H groups in total. The molecule has 0 aromatic carbocycles. The molecule has 0 aromatic rings. The predicted octanol–water partition coefficient (Wildman–Crippen LogP) is -0.372. The fourth-order valence-corrected chi connectivity index (χ4v) is 1.03. The second-order valence-corrected chi connectivity index (χ2v) is 3.10. The van der Waals surface area contributed by atoms with Crippen molar-refractivity contribution in [1.82, 2.24) is 5.43 Å². The van der Waals surface area contributed by atoms with Crippen LogP contribution in [0.5, 0.6) is 0 Å². The number of hydrogen-bond acceptors (Lipinski definition) is 4. The summed E-state index contributed by atoms with van der Waals surface area (Å²) < 4.78 is 0. The number of nitrogens with one attached hydrogen (secondary N) is 1. The van der Waals surface area contributed by atoms with E-state index in [1.165, 1.54) is 0 Å². The normalized spacial score (nSPS) is 11.4. The van der Waals surface area contributed by atoms with Crippen LogP contribution >= 0.6 is 0 Å². The monoisotopic (exact) mass is 190 g/mol.